The maximum Gasteiger partial charge on any atom is 0.253 e. The molecule has 0 radical (unpaired) electrons. The maximum absolute atomic E-state index is 12.8. The van der Waals surface area contributed by atoms with Crippen LogP contribution in [0.4, 0.5) is 0 Å². The van der Waals surface area contributed by atoms with Gasteiger partial charge in [0, 0.05) is 45.4 Å². The zero-order valence-corrected chi connectivity index (χ0v) is 21.3. The van der Waals surface area contributed by atoms with Crippen molar-refractivity contribution in [3.63, 3.8) is 0 Å². The molecule has 0 spiro atoms. The van der Waals surface area contributed by atoms with Gasteiger partial charge in [0.05, 0.1) is 5.41 Å². The molecule has 0 bridgehead atoms. The van der Waals surface area contributed by atoms with E-state index in [4.69, 9.17) is 5.73 Å². The number of rotatable bonds is 6. The smallest absolute Gasteiger partial charge is 0.253 e. The van der Waals surface area contributed by atoms with Crippen molar-refractivity contribution in [1.29, 1.82) is 0 Å². The van der Waals surface area contributed by atoms with E-state index in [-0.39, 0.29) is 17.9 Å². The molecule has 5 rings (SSSR count). The number of aryl methyl sites for hydroxylation is 2. The molecule has 0 unspecified atom stereocenters. The number of H-pyrrole nitrogens is 1. The van der Waals surface area contributed by atoms with Crippen molar-refractivity contribution in [2.45, 2.75) is 43.6 Å². The Bertz CT molecular complexity index is 1220. The summed E-state index contributed by atoms with van der Waals surface area (Å²) in [6, 6.07) is 11.8. The normalized spacial score (nSPS) is 16.9. The van der Waals surface area contributed by atoms with Crippen LogP contribution in [0.15, 0.2) is 36.4 Å². The van der Waals surface area contributed by atoms with E-state index in [9.17, 15) is 9.59 Å². The van der Waals surface area contributed by atoms with E-state index in [1.165, 1.54) is 0 Å². The molecule has 2 amide bonds. The van der Waals surface area contributed by atoms with E-state index in [0.29, 0.717) is 29.3 Å². The van der Waals surface area contributed by atoms with Gasteiger partial charge in [-0.15, -0.1) is 10.2 Å². The number of nitrogens with one attached hydrogen (secondary N) is 1. The number of hydrogen-bond donors (Lipinski definition) is 2. The van der Waals surface area contributed by atoms with Crippen LogP contribution in [0.1, 0.15) is 68.1 Å². The Balaban J connectivity index is 1.76. The quantitative estimate of drug-likeness (QED) is 0.550. The third-order valence-electron chi connectivity index (χ3n) is 7.60. The van der Waals surface area contributed by atoms with Crippen LogP contribution >= 0.6 is 0 Å². The highest BCUT2D eigenvalue weighted by molar-refractivity contribution is 5.95. The van der Waals surface area contributed by atoms with Crippen molar-refractivity contribution in [2.24, 2.45) is 11.7 Å². The number of hydrogen-bond acceptors (Lipinski definition) is 6. The number of nitrogens with two attached hydrogens (primary N) is 1. The Labute approximate surface area is 211 Å². The number of nitrogens with zero attached hydrogens (tertiary/aromatic N) is 5. The molecular formula is C27H33N7O2. The molecule has 1 atom stereocenters. The van der Waals surface area contributed by atoms with Gasteiger partial charge in [0.15, 0.2) is 5.82 Å². The number of aromatic nitrogens is 4. The molecule has 9 heteroatoms. The first-order valence-electron chi connectivity index (χ1n) is 12.4. The van der Waals surface area contributed by atoms with E-state index in [2.05, 4.69) is 20.6 Å². The summed E-state index contributed by atoms with van der Waals surface area (Å²) in [7, 11) is 7.02. The number of tetrazole rings is 1. The first-order valence-corrected chi connectivity index (χ1v) is 12.4. The lowest BCUT2D eigenvalue weighted by atomic mass is 9.67. The summed E-state index contributed by atoms with van der Waals surface area (Å²) >= 11 is 0. The van der Waals surface area contributed by atoms with Crippen molar-refractivity contribution in [1.82, 2.24) is 30.4 Å². The lowest BCUT2D eigenvalue weighted by Crippen LogP contribution is -2.40. The average Bonchev–Trinajstić information content (AvgIpc) is 3.60. The highest BCUT2D eigenvalue weighted by Gasteiger charge is 2.47. The van der Waals surface area contributed by atoms with Crippen LogP contribution in [0.3, 0.4) is 0 Å². The fourth-order valence-electron chi connectivity index (χ4n) is 5.57. The van der Waals surface area contributed by atoms with Gasteiger partial charge in [0.1, 0.15) is 0 Å². The topological polar surface area (TPSA) is 121 Å². The van der Waals surface area contributed by atoms with Gasteiger partial charge in [-0.3, -0.25) is 9.59 Å². The van der Waals surface area contributed by atoms with Gasteiger partial charge in [-0.1, -0.05) is 17.3 Å². The third kappa shape index (κ3) is 4.07. The molecule has 2 aliphatic rings. The van der Waals surface area contributed by atoms with Crippen LogP contribution in [0.2, 0.25) is 0 Å². The Morgan fingerprint density at radius 2 is 1.50 bits per heavy atom. The minimum atomic E-state index is -0.754. The zero-order chi connectivity index (χ0) is 25.6. The highest BCUT2D eigenvalue weighted by atomic mass is 16.2. The summed E-state index contributed by atoms with van der Waals surface area (Å²) in [5.74, 6) is 0.936. The third-order valence-corrected chi connectivity index (χ3v) is 7.60. The highest BCUT2D eigenvalue weighted by Crippen LogP contribution is 2.49. The Morgan fingerprint density at radius 1 is 0.972 bits per heavy atom. The largest absolute Gasteiger partial charge is 0.345 e. The standard InChI is InChI=1S/C27H33N7O2/c1-33(2)24(35)19-9-11-21-17(13-19)7-8-18-14-20(25(36)34(3)4)10-12-22(18)27(21,26-29-31-32-30-26)15-23(28)16-5-6-16/h9-14,16,23H,5-8,15,28H2,1-4H3,(H,29,30,31,32)/t23-/m1/s1. The lowest BCUT2D eigenvalue weighted by Gasteiger charge is -2.36. The number of aromatic amines is 1. The molecule has 1 fully saturated rings. The fraction of sp³-hybridized carbons (Fsp3) is 0.444. The van der Waals surface area contributed by atoms with Gasteiger partial charge < -0.3 is 15.5 Å². The summed E-state index contributed by atoms with van der Waals surface area (Å²) < 4.78 is 0. The second kappa shape index (κ2) is 9.13. The first-order chi connectivity index (χ1) is 17.2. The van der Waals surface area contributed by atoms with Gasteiger partial charge in [-0.2, -0.15) is 5.21 Å². The average molecular weight is 488 g/mol. The minimum absolute atomic E-state index is 0.0433. The number of carbonyl (C=O) groups is 2. The van der Waals surface area contributed by atoms with Crippen molar-refractivity contribution in [2.75, 3.05) is 28.2 Å². The van der Waals surface area contributed by atoms with Crippen LogP contribution in [0, 0.1) is 5.92 Å². The van der Waals surface area contributed by atoms with Crippen LogP contribution < -0.4 is 5.73 Å². The molecule has 0 saturated heterocycles. The molecule has 0 aliphatic heterocycles. The SMILES string of the molecule is CN(C)C(=O)c1ccc2c(c1)CCc1cc(C(=O)N(C)C)ccc1C2(C[C@@H](N)C1CC1)c1nn[nH]n1. The van der Waals surface area contributed by atoms with Crippen LogP contribution in [0.25, 0.3) is 0 Å². The van der Waals surface area contributed by atoms with Gasteiger partial charge in [0.25, 0.3) is 11.8 Å². The summed E-state index contributed by atoms with van der Waals surface area (Å²) in [5.41, 5.74) is 11.5. The van der Waals surface area contributed by atoms with E-state index < -0.39 is 5.41 Å². The summed E-state index contributed by atoms with van der Waals surface area (Å²) in [6.07, 6.45) is 4.29. The summed E-state index contributed by atoms with van der Waals surface area (Å²) in [4.78, 5) is 28.8. The van der Waals surface area contributed by atoms with Crippen LogP contribution in [-0.2, 0) is 18.3 Å². The summed E-state index contributed by atoms with van der Waals surface area (Å²) in [5, 5.41) is 15.6. The van der Waals surface area contributed by atoms with Crippen molar-refractivity contribution >= 4 is 11.8 Å². The first kappa shape index (κ1) is 24.1. The second-order valence-electron chi connectivity index (χ2n) is 10.5. The molecule has 2 aliphatic carbocycles. The van der Waals surface area contributed by atoms with Gasteiger partial charge in [0.2, 0.25) is 0 Å². The van der Waals surface area contributed by atoms with E-state index >= 15 is 0 Å². The van der Waals surface area contributed by atoms with E-state index in [1.54, 1.807) is 38.0 Å². The zero-order valence-electron chi connectivity index (χ0n) is 21.3. The molecular weight excluding hydrogens is 454 g/mol. The molecule has 1 saturated carbocycles. The molecule has 1 heterocycles. The molecule has 1 aromatic heterocycles. The minimum Gasteiger partial charge on any atom is -0.345 e. The van der Waals surface area contributed by atoms with Crippen molar-refractivity contribution < 1.29 is 9.59 Å². The summed E-state index contributed by atoms with van der Waals surface area (Å²) in [6.45, 7) is 0. The number of amides is 2. The van der Waals surface area contributed by atoms with E-state index in [1.807, 2.05) is 36.4 Å². The maximum atomic E-state index is 12.8. The Morgan fingerprint density at radius 3 is 1.92 bits per heavy atom. The molecule has 188 valence electrons. The monoisotopic (exact) mass is 487 g/mol. The number of carbonyl (C=O) groups excluding carboxylic acids is 2. The molecule has 3 N–H and O–H groups in total. The Kier molecular flexibility index (Phi) is 6.12. The number of benzene rings is 2. The molecule has 3 aromatic rings. The number of fused-ring (bicyclic) bond motifs is 2. The van der Waals surface area contributed by atoms with Crippen LogP contribution in [-0.4, -0.2) is 76.5 Å². The van der Waals surface area contributed by atoms with Crippen molar-refractivity contribution in [3.8, 4) is 0 Å². The fourth-order valence-corrected chi connectivity index (χ4v) is 5.57. The second-order valence-corrected chi connectivity index (χ2v) is 10.5. The predicted octanol–water partition coefficient (Wildman–Crippen LogP) is 2.16. The van der Waals surface area contributed by atoms with Gasteiger partial charge in [-0.25, -0.2) is 0 Å². The van der Waals surface area contributed by atoms with Crippen molar-refractivity contribution in [3.05, 3.63) is 75.6 Å². The molecule has 2 aromatic carbocycles. The van der Waals surface area contributed by atoms with Crippen LogP contribution in [0.5, 0.6) is 0 Å². The predicted molar refractivity (Wildman–Crippen MR) is 136 cm³/mol. The molecule has 36 heavy (non-hydrogen) atoms. The van der Waals surface area contributed by atoms with Gasteiger partial charge >= 0.3 is 0 Å². The van der Waals surface area contributed by atoms with E-state index in [0.717, 1.165) is 47.9 Å². The van der Waals surface area contributed by atoms with Gasteiger partial charge in [-0.05, 0) is 84.5 Å². The molecule has 9 nitrogen and oxygen atoms in total. The lowest BCUT2D eigenvalue weighted by molar-refractivity contribution is 0.0820. The Hall–Kier alpha value is -3.59.